The Balaban J connectivity index is 1.29. The summed E-state index contributed by atoms with van der Waals surface area (Å²) in [7, 11) is 0. The molecule has 2 unspecified atom stereocenters. The molecule has 156 valence electrons. The molecule has 2 aliphatic rings. The standard InChI is InChI=1S/C23H23Cl2N3OS/c24-15-5-1-4-14(10-15)23(29)26-16-11-17-6-2-7-18(12-16)28(17)13-21-27-22-19(25)8-3-9-20(22)30-21/h1,3-5,8-10,16-18H,2,6-7,11-13H2,(H,26,29). The molecule has 3 heterocycles. The van der Waals surface area contributed by atoms with Gasteiger partial charge in [0.2, 0.25) is 0 Å². The summed E-state index contributed by atoms with van der Waals surface area (Å²) in [5, 5.41) is 5.68. The highest BCUT2D eigenvalue weighted by molar-refractivity contribution is 7.18. The van der Waals surface area contributed by atoms with Crippen molar-refractivity contribution in [3.8, 4) is 0 Å². The Kier molecular flexibility index (Phi) is 5.71. The lowest BCUT2D eigenvalue weighted by Gasteiger charge is -2.48. The minimum atomic E-state index is -0.0326. The summed E-state index contributed by atoms with van der Waals surface area (Å²) in [4.78, 5) is 20.1. The Hall–Kier alpha value is -1.66. The minimum absolute atomic E-state index is 0.0326. The lowest BCUT2D eigenvalue weighted by Crippen LogP contribution is -2.56. The quantitative estimate of drug-likeness (QED) is 0.526. The molecule has 7 heteroatoms. The fraction of sp³-hybridized carbons (Fsp3) is 0.391. The van der Waals surface area contributed by atoms with Crippen LogP contribution in [0.1, 0.15) is 47.5 Å². The van der Waals surface area contributed by atoms with Crippen molar-refractivity contribution in [3.63, 3.8) is 0 Å². The average molecular weight is 460 g/mol. The van der Waals surface area contributed by atoms with Gasteiger partial charge in [-0.05, 0) is 56.0 Å². The summed E-state index contributed by atoms with van der Waals surface area (Å²) < 4.78 is 1.14. The molecule has 0 saturated carbocycles. The summed E-state index contributed by atoms with van der Waals surface area (Å²) in [5.74, 6) is -0.0326. The number of nitrogens with zero attached hydrogens (tertiary/aromatic N) is 2. The average Bonchev–Trinajstić information content (AvgIpc) is 3.12. The van der Waals surface area contributed by atoms with Crippen molar-refractivity contribution in [2.45, 2.75) is 56.8 Å². The lowest BCUT2D eigenvalue weighted by atomic mass is 9.81. The molecule has 2 aliphatic heterocycles. The van der Waals surface area contributed by atoms with Crippen LogP contribution in [0.3, 0.4) is 0 Å². The van der Waals surface area contributed by atoms with Crippen LogP contribution in [0.2, 0.25) is 10.0 Å². The van der Waals surface area contributed by atoms with Crippen LogP contribution in [-0.4, -0.2) is 33.9 Å². The van der Waals surface area contributed by atoms with Gasteiger partial charge in [0, 0.05) is 28.7 Å². The zero-order valence-corrected chi connectivity index (χ0v) is 18.8. The van der Waals surface area contributed by atoms with Crippen molar-refractivity contribution >= 4 is 50.7 Å². The number of halogens is 2. The van der Waals surface area contributed by atoms with E-state index in [9.17, 15) is 4.79 Å². The fourth-order valence-corrected chi connectivity index (χ4v) is 6.40. The number of piperidine rings is 2. The Bertz CT molecular complexity index is 1070. The van der Waals surface area contributed by atoms with Gasteiger partial charge < -0.3 is 5.32 Å². The van der Waals surface area contributed by atoms with Gasteiger partial charge in [0.15, 0.2) is 0 Å². The minimum Gasteiger partial charge on any atom is -0.349 e. The largest absolute Gasteiger partial charge is 0.349 e. The highest BCUT2D eigenvalue weighted by Crippen LogP contribution is 2.37. The van der Waals surface area contributed by atoms with Crippen LogP contribution < -0.4 is 5.32 Å². The molecular formula is C23H23Cl2N3OS. The number of hydrogen-bond acceptors (Lipinski definition) is 4. The topological polar surface area (TPSA) is 45.2 Å². The Morgan fingerprint density at radius 2 is 1.90 bits per heavy atom. The van der Waals surface area contributed by atoms with Gasteiger partial charge in [-0.15, -0.1) is 11.3 Å². The van der Waals surface area contributed by atoms with Crippen LogP contribution >= 0.6 is 34.5 Å². The molecule has 1 N–H and O–H groups in total. The van der Waals surface area contributed by atoms with E-state index >= 15 is 0 Å². The van der Waals surface area contributed by atoms with E-state index in [1.54, 1.807) is 23.5 Å². The number of thiazole rings is 1. The number of carbonyl (C=O) groups is 1. The van der Waals surface area contributed by atoms with Gasteiger partial charge in [0.25, 0.3) is 5.91 Å². The van der Waals surface area contributed by atoms with Crippen LogP contribution in [0.15, 0.2) is 42.5 Å². The number of para-hydroxylation sites is 1. The predicted octanol–water partition coefficient (Wildman–Crippen LogP) is 5.92. The number of nitrogens with one attached hydrogen (secondary N) is 1. The lowest BCUT2D eigenvalue weighted by molar-refractivity contribution is 0.0177. The first-order chi connectivity index (χ1) is 14.6. The summed E-state index contributed by atoms with van der Waals surface area (Å²) in [6, 6.07) is 14.3. The Labute approximate surface area is 190 Å². The number of amides is 1. The van der Waals surface area contributed by atoms with E-state index in [-0.39, 0.29) is 11.9 Å². The molecular weight excluding hydrogens is 437 g/mol. The maximum absolute atomic E-state index is 12.7. The maximum atomic E-state index is 12.7. The number of rotatable bonds is 4. The molecule has 0 aliphatic carbocycles. The molecule has 1 amide bonds. The number of benzene rings is 2. The molecule has 2 fully saturated rings. The van der Waals surface area contributed by atoms with E-state index in [0.29, 0.717) is 22.7 Å². The van der Waals surface area contributed by atoms with Gasteiger partial charge in [-0.1, -0.05) is 41.8 Å². The van der Waals surface area contributed by atoms with Crippen molar-refractivity contribution in [3.05, 3.63) is 63.1 Å². The third kappa shape index (κ3) is 4.09. The van der Waals surface area contributed by atoms with Gasteiger partial charge in [-0.2, -0.15) is 0 Å². The Morgan fingerprint density at radius 1 is 1.13 bits per heavy atom. The molecule has 2 atom stereocenters. The van der Waals surface area contributed by atoms with Crippen molar-refractivity contribution < 1.29 is 4.79 Å². The molecule has 2 saturated heterocycles. The number of fused-ring (bicyclic) bond motifs is 3. The molecule has 0 spiro atoms. The van der Waals surface area contributed by atoms with Crippen LogP contribution in [0.5, 0.6) is 0 Å². The van der Waals surface area contributed by atoms with Gasteiger partial charge in [-0.3, -0.25) is 9.69 Å². The second-order valence-electron chi connectivity index (χ2n) is 8.26. The van der Waals surface area contributed by atoms with Crippen molar-refractivity contribution in [1.29, 1.82) is 0 Å². The van der Waals surface area contributed by atoms with Crippen molar-refractivity contribution in [2.75, 3.05) is 0 Å². The first-order valence-corrected chi connectivity index (χ1v) is 12.0. The van der Waals surface area contributed by atoms with Gasteiger partial charge >= 0.3 is 0 Å². The van der Waals surface area contributed by atoms with Crippen LogP contribution in [-0.2, 0) is 6.54 Å². The first kappa shape index (κ1) is 20.3. The fourth-order valence-electron chi connectivity index (χ4n) is 4.94. The first-order valence-electron chi connectivity index (χ1n) is 10.4. The van der Waals surface area contributed by atoms with E-state index in [4.69, 9.17) is 28.2 Å². The Morgan fingerprint density at radius 3 is 2.63 bits per heavy atom. The third-order valence-corrected chi connectivity index (χ3v) is 7.83. The zero-order valence-electron chi connectivity index (χ0n) is 16.5. The normalized spacial score (nSPS) is 24.1. The van der Waals surface area contributed by atoms with Crippen molar-refractivity contribution in [2.24, 2.45) is 0 Å². The van der Waals surface area contributed by atoms with E-state index < -0.39 is 0 Å². The van der Waals surface area contributed by atoms with Crippen LogP contribution in [0, 0.1) is 0 Å². The van der Waals surface area contributed by atoms with Gasteiger partial charge in [0.1, 0.15) is 10.5 Å². The molecule has 4 nitrogen and oxygen atoms in total. The molecule has 1 aromatic heterocycles. The van der Waals surface area contributed by atoms with E-state index in [1.807, 2.05) is 24.3 Å². The van der Waals surface area contributed by atoms with Crippen LogP contribution in [0.4, 0.5) is 0 Å². The molecule has 5 rings (SSSR count). The summed E-state index contributed by atoms with van der Waals surface area (Å²) in [6.07, 6.45) is 5.56. The summed E-state index contributed by atoms with van der Waals surface area (Å²) in [6.45, 7) is 0.861. The maximum Gasteiger partial charge on any atom is 0.251 e. The summed E-state index contributed by atoms with van der Waals surface area (Å²) >= 11 is 14.1. The SMILES string of the molecule is O=C(NC1CC2CCCC(C1)N2Cc1nc2c(Cl)cccc2s1)c1cccc(Cl)c1. The van der Waals surface area contributed by atoms with Gasteiger partial charge in [0.05, 0.1) is 16.3 Å². The second-order valence-corrected chi connectivity index (χ2v) is 10.2. The highest BCUT2D eigenvalue weighted by Gasteiger charge is 2.39. The third-order valence-electron chi connectivity index (χ3n) is 6.28. The smallest absolute Gasteiger partial charge is 0.251 e. The van der Waals surface area contributed by atoms with E-state index in [2.05, 4.69) is 16.3 Å². The van der Waals surface area contributed by atoms with E-state index in [0.717, 1.165) is 39.6 Å². The number of hydrogen-bond donors (Lipinski definition) is 1. The number of aromatic nitrogens is 1. The zero-order chi connectivity index (χ0) is 20.7. The summed E-state index contributed by atoms with van der Waals surface area (Å²) in [5.41, 5.74) is 1.54. The molecule has 2 bridgehead atoms. The van der Waals surface area contributed by atoms with Crippen molar-refractivity contribution in [1.82, 2.24) is 15.2 Å². The molecule has 0 radical (unpaired) electrons. The molecule has 30 heavy (non-hydrogen) atoms. The monoisotopic (exact) mass is 459 g/mol. The highest BCUT2D eigenvalue weighted by atomic mass is 35.5. The predicted molar refractivity (Wildman–Crippen MR) is 124 cm³/mol. The van der Waals surface area contributed by atoms with E-state index in [1.165, 1.54) is 19.3 Å². The molecule has 3 aromatic rings. The molecule has 2 aromatic carbocycles. The number of carbonyl (C=O) groups excluding carboxylic acids is 1. The van der Waals surface area contributed by atoms with Crippen LogP contribution in [0.25, 0.3) is 10.2 Å². The second kappa shape index (κ2) is 8.46. The van der Waals surface area contributed by atoms with Gasteiger partial charge in [-0.25, -0.2) is 4.98 Å².